The van der Waals surface area contributed by atoms with Crippen LogP contribution in [0, 0.1) is 0 Å². The molecule has 2 nitrogen and oxygen atoms in total. The third-order valence-corrected chi connectivity index (χ3v) is 2.29. The van der Waals surface area contributed by atoms with Crippen LogP contribution in [-0.4, -0.2) is 42.6 Å². The van der Waals surface area contributed by atoms with E-state index in [0.717, 1.165) is 19.6 Å². The van der Waals surface area contributed by atoms with Crippen molar-refractivity contribution < 1.29 is 4.74 Å². The Bertz CT molecular complexity index is 162. The summed E-state index contributed by atoms with van der Waals surface area (Å²) in [6, 6.07) is 0. The fourth-order valence-electron chi connectivity index (χ4n) is 1.72. The lowest BCUT2D eigenvalue weighted by molar-refractivity contribution is -0.0646. The summed E-state index contributed by atoms with van der Waals surface area (Å²) in [7, 11) is 0. The lowest BCUT2D eigenvalue weighted by Gasteiger charge is -2.34. The highest BCUT2D eigenvalue weighted by molar-refractivity contribution is 6.18. The summed E-state index contributed by atoms with van der Waals surface area (Å²) in [5.74, 6) is 0.607. The predicted octanol–water partition coefficient (Wildman–Crippen LogP) is 1.89. The highest BCUT2D eigenvalue weighted by Gasteiger charge is 2.20. The third-order valence-electron chi connectivity index (χ3n) is 2.11. The van der Waals surface area contributed by atoms with Gasteiger partial charge in [-0.15, -0.1) is 11.6 Å². The monoisotopic (exact) mass is 203 g/mol. The molecule has 0 aromatic carbocycles. The molecule has 1 rings (SSSR count). The van der Waals surface area contributed by atoms with Gasteiger partial charge in [0.1, 0.15) is 0 Å². The van der Waals surface area contributed by atoms with Crippen LogP contribution in [0.1, 0.15) is 13.8 Å². The van der Waals surface area contributed by atoms with Gasteiger partial charge in [0, 0.05) is 25.5 Å². The molecule has 0 saturated carbocycles. The molecule has 0 N–H and O–H groups in total. The predicted molar refractivity (Wildman–Crippen MR) is 56.3 cm³/mol. The molecule has 1 heterocycles. The van der Waals surface area contributed by atoms with E-state index in [9.17, 15) is 0 Å². The maximum absolute atomic E-state index is 5.63. The minimum Gasteiger partial charge on any atom is -0.373 e. The molecule has 0 amide bonds. The number of ether oxygens (including phenoxy) is 1. The Morgan fingerprint density at radius 1 is 1.31 bits per heavy atom. The summed E-state index contributed by atoms with van der Waals surface area (Å²) in [4.78, 5) is 2.39. The van der Waals surface area contributed by atoms with Gasteiger partial charge in [-0.05, 0) is 13.8 Å². The van der Waals surface area contributed by atoms with E-state index in [0.29, 0.717) is 18.1 Å². The smallest absolute Gasteiger partial charge is 0.0678 e. The van der Waals surface area contributed by atoms with Gasteiger partial charge in [-0.25, -0.2) is 0 Å². The first-order valence-electron chi connectivity index (χ1n) is 4.81. The zero-order chi connectivity index (χ0) is 9.68. The molecular weight excluding hydrogens is 186 g/mol. The Kier molecular flexibility index (Phi) is 4.78. The second-order valence-corrected chi connectivity index (χ2v) is 3.91. The highest BCUT2D eigenvalue weighted by Crippen LogP contribution is 2.09. The van der Waals surface area contributed by atoms with Crippen LogP contribution in [0.4, 0.5) is 0 Å². The van der Waals surface area contributed by atoms with Crippen LogP contribution in [0.25, 0.3) is 0 Å². The Hall–Kier alpha value is -0.0500. The molecule has 3 heteroatoms. The minimum atomic E-state index is 0.355. The van der Waals surface area contributed by atoms with Gasteiger partial charge in [0.2, 0.25) is 0 Å². The van der Waals surface area contributed by atoms with Gasteiger partial charge in [-0.3, -0.25) is 4.90 Å². The van der Waals surface area contributed by atoms with Crippen molar-refractivity contribution in [2.75, 3.05) is 25.5 Å². The van der Waals surface area contributed by atoms with Crippen molar-refractivity contribution in [3.05, 3.63) is 12.2 Å². The zero-order valence-electron chi connectivity index (χ0n) is 8.37. The van der Waals surface area contributed by atoms with Crippen LogP contribution in [0.5, 0.6) is 0 Å². The lowest BCUT2D eigenvalue weighted by atomic mass is 10.2. The lowest BCUT2D eigenvalue weighted by Crippen LogP contribution is -2.45. The number of rotatable bonds is 3. The van der Waals surface area contributed by atoms with Crippen LogP contribution in [0.2, 0.25) is 0 Å². The Balaban J connectivity index is 2.28. The van der Waals surface area contributed by atoms with Gasteiger partial charge in [0.25, 0.3) is 0 Å². The molecular formula is C10H18ClNO. The normalized spacial score (nSPS) is 31.3. The average Bonchev–Trinajstić information content (AvgIpc) is 2.03. The van der Waals surface area contributed by atoms with Gasteiger partial charge in [-0.2, -0.15) is 0 Å². The molecule has 2 atom stereocenters. The summed E-state index contributed by atoms with van der Waals surface area (Å²) in [5, 5.41) is 0. The first-order valence-corrected chi connectivity index (χ1v) is 5.34. The van der Waals surface area contributed by atoms with Crippen molar-refractivity contribution in [3.63, 3.8) is 0 Å². The van der Waals surface area contributed by atoms with E-state index in [1.54, 1.807) is 0 Å². The van der Waals surface area contributed by atoms with Crippen LogP contribution < -0.4 is 0 Å². The van der Waals surface area contributed by atoms with Crippen LogP contribution in [-0.2, 0) is 4.74 Å². The van der Waals surface area contributed by atoms with E-state index in [1.807, 2.05) is 6.08 Å². The van der Waals surface area contributed by atoms with E-state index in [4.69, 9.17) is 16.3 Å². The molecule has 0 radical (unpaired) electrons. The van der Waals surface area contributed by atoms with E-state index in [-0.39, 0.29) is 0 Å². The van der Waals surface area contributed by atoms with Gasteiger partial charge < -0.3 is 4.74 Å². The van der Waals surface area contributed by atoms with Crippen molar-refractivity contribution >= 4 is 11.6 Å². The number of allylic oxidation sites excluding steroid dienone is 1. The fraction of sp³-hybridized carbons (Fsp3) is 0.800. The molecule has 0 aliphatic carbocycles. The third kappa shape index (κ3) is 4.12. The van der Waals surface area contributed by atoms with E-state index >= 15 is 0 Å². The number of nitrogens with zero attached hydrogens (tertiary/aromatic N) is 1. The van der Waals surface area contributed by atoms with Crippen molar-refractivity contribution in [2.45, 2.75) is 26.1 Å². The van der Waals surface area contributed by atoms with Gasteiger partial charge in [0.15, 0.2) is 0 Å². The Morgan fingerprint density at radius 3 is 2.46 bits per heavy atom. The highest BCUT2D eigenvalue weighted by atomic mass is 35.5. The average molecular weight is 204 g/mol. The van der Waals surface area contributed by atoms with Crippen molar-refractivity contribution in [1.82, 2.24) is 4.90 Å². The topological polar surface area (TPSA) is 12.5 Å². The Morgan fingerprint density at radius 2 is 1.92 bits per heavy atom. The van der Waals surface area contributed by atoms with E-state index in [2.05, 4.69) is 24.8 Å². The second kappa shape index (κ2) is 5.63. The first-order chi connectivity index (χ1) is 6.22. The molecule has 0 aromatic heterocycles. The standard InChI is InChI=1S/C10H18ClNO/c1-9-7-12(6-4-3-5-11)8-10(2)13-9/h3-4,9-10H,5-8H2,1-2H3/b4-3+. The van der Waals surface area contributed by atoms with Gasteiger partial charge in [0.05, 0.1) is 12.2 Å². The summed E-state index contributed by atoms with van der Waals surface area (Å²) >= 11 is 5.55. The van der Waals surface area contributed by atoms with Crippen molar-refractivity contribution in [3.8, 4) is 0 Å². The number of hydrogen-bond donors (Lipinski definition) is 0. The second-order valence-electron chi connectivity index (χ2n) is 3.60. The number of alkyl halides is 1. The Labute approximate surface area is 85.5 Å². The molecule has 2 unspecified atom stereocenters. The zero-order valence-corrected chi connectivity index (χ0v) is 9.13. The summed E-state index contributed by atoms with van der Waals surface area (Å²) in [6.45, 7) is 7.28. The van der Waals surface area contributed by atoms with Gasteiger partial charge in [-0.1, -0.05) is 12.2 Å². The number of halogens is 1. The maximum atomic E-state index is 5.63. The van der Waals surface area contributed by atoms with E-state index in [1.165, 1.54) is 0 Å². The molecule has 0 bridgehead atoms. The van der Waals surface area contributed by atoms with Crippen molar-refractivity contribution in [1.29, 1.82) is 0 Å². The first kappa shape index (κ1) is 11.0. The molecule has 1 aliphatic rings. The van der Waals surface area contributed by atoms with Crippen molar-refractivity contribution in [2.24, 2.45) is 0 Å². The molecule has 0 aromatic rings. The van der Waals surface area contributed by atoms with Gasteiger partial charge >= 0.3 is 0 Å². The maximum Gasteiger partial charge on any atom is 0.0678 e. The fourth-order valence-corrected chi connectivity index (χ4v) is 1.85. The molecule has 1 saturated heterocycles. The molecule has 0 spiro atoms. The molecule has 13 heavy (non-hydrogen) atoms. The number of morpholine rings is 1. The van der Waals surface area contributed by atoms with Crippen LogP contribution in [0.3, 0.4) is 0 Å². The SMILES string of the molecule is CC1CN(C/C=C/CCl)CC(C)O1. The van der Waals surface area contributed by atoms with E-state index < -0.39 is 0 Å². The quantitative estimate of drug-likeness (QED) is 0.513. The molecule has 1 fully saturated rings. The number of hydrogen-bond acceptors (Lipinski definition) is 2. The molecule has 76 valence electrons. The summed E-state index contributed by atoms with van der Waals surface area (Å²) in [5.41, 5.74) is 0. The van der Waals surface area contributed by atoms with Crippen LogP contribution >= 0.6 is 11.6 Å². The minimum absolute atomic E-state index is 0.355. The largest absolute Gasteiger partial charge is 0.373 e. The molecule has 1 aliphatic heterocycles. The summed E-state index contributed by atoms with van der Waals surface area (Å²) in [6.07, 6.45) is 4.82. The van der Waals surface area contributed by atoms with Crippen LogP contribution in [0.15, 0.2) is 12.2 Å². The summed E-state index contributed by atoms with van der Waals surface area (Å²) < 4.78 is 5.63.